The van der Waals surface area contributed by atoms with Gasteiger partial charge in [-0.25, -0.2) is 0 Å². The second-order valence-electron chi connectivity index (χ2n) is 5.96. The van der Waals surface area contributed by atoms with Crippen LogP contribution in [0.25, 0.3) is 10.8 Å². The molecule has 2 amide bonds. The van der Waals surface area contributed by atoms with E-state index in [1.807, 2.05) is 31.1 Å². The average molecular weight is 312 g/mol. The fraction of sp³-hybridized carbons (Fsp3) is 0.333. The van der Waals surface area contributed by atoms with Crippen LogP contribution in [-0.4, -0.2) is 55.9 Å². The first-order valence-electron chi connectivity index (χ1n) is 7.65. The van der Waals surface area contributed by atoms with E-state index in [1.54, 1.807) is 25.3 Å². The van der Waals surface area contributed by atoms with Crippen LogP contribution >= 0.6 is 0 Å². The molecule has 2 aromatic rings. The van der Waals surface area contributed by atoms with Crippen molar-refractivity contribution in [1.29, 1.82) is 0 Å². The molecule has 1 aliphatic heterocycles. The summed E-state index contributed by atoms with van der Waals surface area (Å²) in [4.78, 5) is 28.9. The molecule has 0 aliphatic carbocycles. The number of carbonyl (C=O) groups is 2. The maximum absolute atomic E-state index is 12.7. The predicted molar refractivity (Wildman–Crippen MR) is 89.0 cm³/mol. The Kier molecular flexibility index (Phi) is 4.05. The molecule has 0 atom stereocenters. The Morgan fingerprint density at radius 1 is 1.04 bits per heavy atom. The topological polar surface area (TPSA) is 49.9 Å². The second kappa shape index (κ2) is 6.01. The smallest absolute Gasteiger partial charge is 0.261 e. The third-order valence-corrected chi connectivity index (χ3v) is 4.16. The van der Waals surface area contributed by atoms with Crippen LogP contribution in [0.5, 0.6) is 5.75 Å². The maximum Gasteiger partial charge on any atom is 0.261 e. The van der Waals surface area contributed by atoms with Crippen molar-refractivity contribution in [2.24, 2.45) is 0 Å². The molecule has 0 unspecified atom stereocenters. The van der Waals surface area contributed by atoms with Gasteiger partial charge in [-0.1, -0.05) is 12.1 Å². The molecule has 0 fully saturated rings. The molecule has 0 radical (unpaired) electrons. The van der Waals surface area contributed by atoms with Gasteiger partial charge in [-0.05, 0) is 45.3 Å². The van der Waals surface area contributed by atoms with Crippen LogP contribution in [0.15, 0.2) is 30.3 Å². The minimum atomic E-state index is -0.222. The van der Waals surface area contributed by atoms with Crippen LogP contribution in [0.2, 0.25) is 0 Å². The van der Waals surface area contributed by atoms with Crippen LogP contribution < -0.4 is 4.74 Å². The number of amides is 2. The van der Waals surface area contributed by atoms with E-state index in [4.69, 9.17) is 4.74 Å². The summed E-state index contributed by atoms with van der Waals surface area (Å²) in [6.45, 7) is 1.26. The normalized spacial score (nSPS) is 14.0. The number of imide groups is 1. The van der Waals surface area contributed by atoms with Crippen LogP contribution in [0, 0.1) is 0 Å². The van der Waals surface area contributed by atoms with Gasteiger partial charge in [0.05, 0.1) is 7.11 Å². The maximum atomic E-state index is 12.7. The summed E-state index contributed by atoms with van der Waals surface area (Å²) in [6.07, 6.45) is 0.756. The summed E-state index contributed by atoms with van der Waals surface area (Å²) in [5.74, 6) is 0.229. The summed E-state index contributed by atoms with van der Waals surface area (Å²) < 4.78 is 5.35. The van der Waals surface area contributed by atoms with Crippen molar-refractivity contribution in [2.45, 2.75) is 6.42 Å². The number of nitrogens with zero attached hydrogens (tertiary/aromatic N) is 2. The van der Waals surface area contributed by atoms with E-state index in [0.29, 0.717) is 28.8 Å². The van der Waals surface area contributed by atoms with Crippen molar-refractivity contribution in [3.05, 3.63) is 41.5 Å². The molecule has 0 aromatic heterocycles. The lowest BCUT2D eigenvalue weighted by molar-refractivity contribution is 0.0606. The van der Waals surface area contributed by atoms with E-state index in [-0.39, 0.29) is 11.8 Å². The summed E-state index contributed by atoms with van der Waals surface area (Å²) >= 11 is 0. The largest absolute Gasteiger partial charge is 0.496 e. The Labute approximate surface area is 135 Å². The molecule has 2 aromatic carbocycles. The zero-order chi connectivity index (χ0) is 16.6. The molecule has 23 heavy (non-hydrogen) atoms. The van der Waals surface area contributed by atoms with Gasteiger partial charge in [0.2, 0.25) is 0 Å². The predicted octanol–water partition coefficient (Wildman–Crippen LogP) is 2.40. The summed E-state index contributed by atoms with van der Waals surface area (Å²) in [5, 5.41) is 1.50. The first kappa shape index (κ1) is 15.5. The van der Waals surface area contributed by atoms with Gasteiger partial charge in [0.15, 0.2) is 0 Å². The Bertz CT molecular complexity index is 761. The van der Waals surface area contributed by atoms with E-state index in [0.717, 1.165) is 18.4 Å². The fourth-order valence-electron chi connectivity index (χ4n) is 3.05. The van der Waals surface area contributed by atoms with Gasteiger partial charge in [-0.2, -0.15) is 0 Å². The van der Waals surface area contributed by atoms with E-state index < -0.39 is 0 Å². The fourth-order valence-corrected chi connectivity index (χ4v) is 3.05. The van der Waals surface area contributed by atoms with Crippen molar-refractivity contribution in [1.82, 2.24) is 9.80 Å². The molecule has 0 saturated carbocycles. The molecular formula is C18H20N2O3. The van der Waals surface area contributed by atoms with E-state index >= 15 is 0 Å². The molecule has 0 spiro atoms. The molecule has 5 heteroatoms. The quantitative estimate of drug-likeness (QED) is 0.796. The van der Waals surface area contributed by atoms with Crippen molar-refractivity contribution in [3.63, 3.8) is 0 Å². The van der Waals surface area contributed by atoms with Gasteiger partial charge < -0.3 is 9.64 Å². The molecule has 1 aliphatic rings. The van der Waals surface area contributed by atoms with E-state index in [2.05, 4.69) is 0 Å². The minimum absolute atomic E-state index is 0.222. The Morgan fingerprint density at radius 2 is 1.74 bits per heavy atom. The number of hydrogen-bond donors (Lipinski definition) is 0. The van der Waals surface area contributed by atoms with Crippen molar-refractivity contribution in [2.75, 3.05) is 34.3 Å². The van der Waals surface area contributed by atoms with Gasteiger partial charge in [0.1, 0.15) is 5.75 Å². The number of methoxy groups -OCH3 is 1. The van der Waals surface area contributed by atoms with Crippen LogP contribution in [0.3, 0.4) is 0 Å². The highest BCUT2D eigenvalue weighted by molar-refractivity contribution is 6.26. The van der Waals surface area contributed by atoms with Crippen molar-refractivity contribution < 1.29 is 14.3 Å². The van der Waals surface area contributed by atoms with Gasteiger partial charge in [0, 0.05) is 28.4 Å². The number of rotatable bonds is 5. The molecule has 0 saturated heterocycles. The van der Waals surface area contributed by atoms with Gasteiger partial charge in [0.25, 0.3) is 11.8 Å². The van der Waals surface area contributed by atoms with Gasteiger partial charge in [-0.3, -0.25) is 14.5 Å². The van der Waals surface area contributed by atoms with E-state index in [9.17, 15) is 9.59 Å². The molecular weight excluding hydrogens is 292 g/mol. The molecule has 5 nitrogen and oxygen atoms in total. The second-order valence-corrected chi connectivity index (χ2v) is 5.96. The monoisotopic (exact) mass is 312 g/mol. The Balaban J connectivity index is 2.04. The SMILES string of the molecule is COc1ccc2c3c(cccc13)C(=O)N(CCCN(C)C)C2=O. The molecule has 1 heterocycles. The van der Waals surface area contributed by atoms with Gasteiger partial charge in [-0.15, -0.1) is 0 Å². The molecule has 3 rings (SSSR count). The van der Waals surface area contributed by atoms with Crippen LogP contribution in [0.1, 0.15) is 27.1 Å². The zero-order valence-electron chi connectivity index (χ0n) is 13.6. The highest BCUT2D eigenvalue weighted by atomic mass is 16.5. The van der Waals surface area contributed by atoms with Gasteiger partial charge >= 0.3 is 0 Å². The number of ether oxygens (including phenoxy) is 1. The Hall–Kier alpha value is -2.40. The summed E-state index contributed by atoms with van der Waals surface area (Å²) in [7, 11) is 5.54. The number of carbonyl (C=O) groups excluding carboxylic acids is 2. The molecule has 0 N–H and O–H groups in total. The molecule has 120 valence electrons. The lowest BCUT2D eigenvalue weighted by atomic mass is 9.93. The summed E-state index contributed by atoms with van der Waals surface area (Å²) in [5.41, 5.74) is 1.14. The zero-order valence-corrected chi connectivity index (χ0v) is 13.6. The highest BCUT2D eigenvalue weighted by Gasteiger charge is 2.32. The first-order chi connectivity index (χ1) is 11.0. The first-order valence-corrected chi connectivity index (χ1v) is 7.65. The third-order valence-electron chi connectivity index (χ3n) is 4.16. The van der Waals surface area contributed by atoms with Crippen LogP contribution in [0.4, 0.5) is 0 Å². The van der Waals surface area contributed by atoms with Crippen molar-refractivity contribution >= 4 is 22.6 Å². The van der Waals surface area contributed by atoms with E-state index in [1.165, 1.54) is 4.90 Å². The lowest BCUT2D eigenvalue weighted by Gasteiger charge is -2.28. The highest BCUT2D eigenvalue weighted by Crippen LogP contribution is 2.35. The van der Waals surface area contributed by atoms with Crippen molar-refractivity contribution in [3.8, 4) is 5.75 Å². The number of benzene rings is 2. The molecule has 0 bridgehead atoms. The summed E-state index contributed by atoms with van der Waals surface area (Å²) in [6, 6.07) is 9.02. The Morgan fingerprint density at radius 3 is 2.39 bits per heavy atom. The third kappa shape index (κ3) is 2.57. The van der Waals surface area contributed by atoms with Crippen LogP contribution in [-0.2, 0) is 0 Å². The minimum Gasteiger partial charge on any atom is -0.496 e. The lowest BCUT2D eigenvalue weighted by Crippen LogP contribution is -2.41. The average Bonchev–Trinajstić information content (AvgIpc) is 2.54. The standard InChI is InChI=1S/C18H20N2O3/c1-19(2)10-5-11-20-17(21)13-7-4-6-12-15(23-3)9-8-14(16(12)13)18(20)22/h4,6-9H,5,10-11H2,1-3H3. The number of hydrogen-bond acceptors (Lipinski definition) is 4.